The molecule has 0 spiro atoms. The highest BCUT2D eigenvalue weighted by molar-refractivity contribution is 5.94. The van der Waals surface area contributed by atoms with Crippen molar-refractivity contribution in [2.24, 2.45) is 5.92 Å². The van der Waals surface area contributed by atoms with Crippen LogP contribution < -0.4 is 4.90 Å². The number of hydrogen-bond acceptors (Lipinski definition) is 5. The molecule has 150 valence electrons. The number of anilines is 1. The molecular weight excluding hydrogens is 378 g/mol. The molecule has 1 fully saturated rings. The molecule has 1 aliphatic rings. The van der Waals surface area contributed by atoms with E-state index in [-0.39, 0.29) is 29.8 Å². The second-order valence-corrected chi connectivity index (χ2v) is 7.29. The Morgan fingerprint density at radius 2 is 1.90 bits per heavy atom. The smallest absolute Gasteiger partial charge is 0.251 e. The zero-order valence-corrected chi connectivity index (χ0v) is 16.1. The number of carbonyl (C=O) groups is 1. The summed E-state index contributed by atoms with van der Waals surface area (Å²) >= 11 is 0. The normalized spacial score (nSPS) is 17.0. The quantitative estimate of drug-likeness (QED) is 0.730. The summed E-state index contributed by atoms with van der Waals surface area (Å²) in [5.74, 6) is -0.929. The monoisotopic (exact) mass is 398 g/mol. The Labute approximate surface area is 166 Å². The van der Waals surface area contributed by atoms with Crippen molar-refractivity contribution in [3.63, 3.8) is 0 Å². The van der Waals surface area contributed by atoms with E-state index in [4.69, 9.17) is 0 Å². The van der Waals surface area contributed by atoms with E-state index in [1.54, 1.807) is 12.4 Å². The fraction of sp³-hybridized carbons (Fsp3) is 0.350. The molecule has 2 aromatic heterocycles. The standard InChI is InChI=1S/C20H20F2N6O/c1-11-9-23-24-10-15(11)18-25-20(27-26-18)28-5-3-4-14(19(28)29)6-13-7-16(21)12(2)17(22)8-13/h7-10,14H,3-6H2,1-2H3,(H,25,26,27). The summed E-state index contributed by atoms with van der Waals surface area (Å²) in [6, 6.07) is 2.60. The highest BCUT2D eigenvalue weighted by atomic mass is 19.1. The number of aromatic amines is 1. The van der Waals surface area contributed by atoms with Crippen LogP contribution in [0.15, 0.2) is 24.5 Å². The molecule has 7 nitrogen and oxygen atoms in total. The maximum absolute atomic E-state index is 13.9. The van der Waals surface area contributed by atoms with Crippen molar-refractivity contribution in [1.82, 2.24) is 25.4 Å². The molecule has 29 heavy (non-hydrogen) atoms. The van der Waals surface area contributed by atoms with E-state index in [2.05, 4.69) is 25.4 Å². The molecule has 4 rings (SSSR count). The number of H-pyrrole nitrogens is 1. The molecule has 0 bridgehead atoms. The summed E-state index contributed by atoms with van der Waals surface area (Å²) in [5.41, 5.74) is 2.10. The van der Waals surface area contributed by atoms with E-state index >= 15 is 0 Å². The number of rotatable bonds is 4. The number of nitrogens with zero attached hydrogens (tertiary/aromatic N) is 5. The lowest BCUT2D eigenvalue weighted by molar-refractivity contribution is -0.123. The lowest BCUT2D eigenvalue weighted by Gasteiger charge is -2.30. The Kier molecular flexibility index (Phi) is 5.04. The number of aryl methyl sites for hydroxylation is 1. The molecule has 3 aromatic rings. The highest BCUT2D eigenvalue weighted by Gasteiger charge is 2.32. The summed E-state index contributed by atoms with van der Waals surface area (Å²) in [6.45, 7) is 3.77. The van der Waals surface area contributed by atoms with Crippen LogP contribution in [-0.2, 0) is 11.2 Å². The van der Waals surface area contributed by atoms with Gasteiger partial charge in [-0.3, -0.25) is 14.8 Å². The van der Waals surface area contributed by atoms with Gasteiger partial charge in [0.1, 0.15) is 11.6 Å². The summed E-state index contributed by atoms with van der Waals surface area (Å²) in [4.78, 5) is 19.0. The van der Waals surface area contributed by atoms with Gasteiger partial charge in [-0.1, -0.05) is 0 Å². The lowest BCUT2D eigenvalue weighted by Crippen LogP contribution is -2.42. The van der Waals surface area contributed by atoms with Gasteiger partial charge in [0.25, 0.3) is 5.95 Å². The predicted octanol–water partition coefficient (Wildman–Crippen LogP) is 3.14. The Bertz CT molecular complexity index is 1040. The maximum atomic E-state index is 13.9. The Morgan fingerprint density at radius 1 is 1.17 bits per heavy atom. The number of amides is 1. The van der Waals surface area contributed by atoms with E-state index in [1.807, 2.05) is 6.92 Å². The number of nitrogens with one attached hydrogen (secondary N) is 1. The summed E-state index contributed by atoms with van der Waals surface area (Å²) in [5, 5.41) is 14.7. The van der Waals surface area contributed by atoms with E-state index in [9.17, 15) is 13.6 Å². The second-order valence-electron chi connectivity index (χ2n) is 7.29. The largest absolute Gasteiger partial charge is 0.279 e. The number of piperidine rings is 1. The van der Waals surface area contributed by atoms with Gasteiger partial charge in [0.2, 0.25) is 5.91 Å². The SMILES string of the molecule is Cc1cnncc1-c1nc(N2CCCC(Cc3cc(F)c(C)c(F)c3)C2=O)n[nH]1. The third kappa shape index (κ3) is 3.72. The first kappa shape index (κ1) is 19.1. The fourth-order valence-corrected chi connectivity index (χ4v) is 3.56. The first-order chi connectivity index (χ1) is 13.9. The number of benzene rings is 1. The van der Waals surface area contributed by atoms with E-state index in [0.29, 0.717) is 24.4 Å². The Hall–Kier alpha value is -3.23. The van der Waals surface area contributed by atoms with Crippen LogP contribution in [-0.4, -0.2) is 37.8 Å². The molecule has 0 saturated carbocycles. The minimum atomic E-state index is -0.597. The minimum absolute atomic E-state index is 0.0144. The molecular formula is C20H20F2N6O. The molecule has 1 aliphatic heterocycles. The maximum Gasteiger partial charge on any atom is 0.251 e. The van der Waals surface area contributed by atoms with Gasteiger partial charge in [-0.2, -0.15) is 15.2 Å². The molecule has 3 heterocycles. The summed E-state index contributed by atoms with van der Waals surface area (Å²) in [6.07, 6.45) is 4.89. The summed E-state index contributed by atoms with van der Waals surface area (Å²) < 4.78 is 27.7. The van der Waals surface area contributed by atoms with Gasteiger partial charge < -0.3 is 0 Å². The topological polar surface area (TPSA) is 87.7 Å². The van der Waals surface area contributed by atoms with E-state index in [1.165, 1.54) is 24.0 Å². The van der Waals surface area contributed by atoms with Crippen LogP contribution in [0.3, 0.4) is 0 Å². The van der Waals surface area contributed by atoms with Gasteiger partial charge in [-0.15, -0.1) is 5.10 Å². The van der Waals surface area contributed by atoms with Gasteiger partial charge in [0, 0.05) is 23.6 Å². The van der Waals surface area contributed by atoms with Crippen molar-refractivity contribution >= 4 is 11.9 Å². The predicted molar refractivity (Wildman–Crippen MR) is 102 cm³/mol. The highest BCUT2D eigenvalue weighted by Crippen LogP contribution is 2.27. The van der Waals surface area contributed by atoms with Crippen LogP contribution in [0.1, 0.15) is 29.5 Å². The average Bonchev–Trinajstić information content (AvgIpc) is 3.17. The van der Waals surface area contributed by atoms with Gasteiger partial charge >= 0.3 is 0 Å². The third-order valence-electron chi connectivity index (χ3n) is 5.27. The van der Waals surface area contributed by atoms with Gasteiger partial charge in [-0.05, 0) is 56.4 Å². The van der Waals surface area contributed by atoms with Crippen molar-refractivity contribution in [3.8, 4) is 11.4 Å². The molecule has 0 radical (unpaired) electrons. The molecule has 1 amide bonds. The molecule has 1 saturated heterocycles. The van der Waals surface area contributed by atoms with Crippen molar-refractivity contribution in [2.75, 3.05) is 11.4 Å². The first-order valence-corrected chi connectivity index (χ1v) is 9.40. The minimum Gasteiger partial charge on any atom is -0.279 e. The first-order valence-electron chi connectivity index (χ1n) is 9.40. The molecule has 0 aliphatic carbocycles. The fourth-order valence-electron chi connectivity index (χ4n) is 3.56. The van der Waals surface area contributed by atoms with E-state index < -0.39 is 11.6 Å². The van der Waals surface area contributed by atoms with Crippen LogP contribution >= 0.6 is 0 Å². The van der Waals surface area contributed by atoms with Crippen molar-refractivity contribution in [2.45, 2.75) is 33.1 Å². The average molecular weight is 398 g/mol. The van der Waals surface area contributed by atoms with E-state index in [0.717, 1.165) is 17.5 Å². The van der Waals surface area contributed by atoms with Crippen LogP contribution in [0.5, 0.6) is 0 Å². The number of hydrogen-bond donors (Lipinski definition) is 1. The molecule has 1 atom stereocenters. The molecule has 1 aromatic carbocycles. The summed E-state index contributed by atoms with van der Waals surface area (Å²) in [7, 11) is 0. The number of aromatic nitrogens is 5. The molecule has 1 N–H and O–H groups in total. The molecule has 1 unspecified atom stereocenters. The molecule has 9 heteroatoms. The van der Waals surface area contributed by atoms with Gasteiger partial charge in [0.15, 0.2) is 5.82 Å². The van der Waals surface area contributed by atoms with Gasteiger partial charge in [0.05, 0.1) is 12.4 Å². The van der Waals surface area contributed by atoms with Crippen LogP contribution in [0.2, 0.25) is 0 Å². The van der Waals surface area contributed by atoms with Crippen molar-refractivity contribution < 1.29 is 13.6 Å². The zero-order valence-electron chi connectivity index (χ0n) is 16.1. The zero-order chi connectivity index (χ0) is 20.5. The van der Waals surface area contributed by atoms with Gasteiger partial charge in [-0.25, -0.2) is 8.78 Å². The second kappa shape index (κ2) is 7.65. The van der Waals surface area contributed by atoms with Crippen LogP contribution in [0.4, 0.5) is 14.7 Å². The number of halogens is 2. The Morgan fingerprint density at radius 3 is 2.62 bits per heavy atom. The number of carbonyl (C=O) groups excluding carboxylic acids is 1. The van der Waals surface area contributed by atoms with Crippen molar-refractivity contribution in [1.29, 1.82) is 0 Å². The third-order valence-corrected chi connectivity index (χ3v) is 5.27. The van der Waals surface area contributed by atoms with Crippen molar-refractivity contribution in [3.05, 3.63) is 52.9 Å². The lowest BCUT2D eigenvalue weighted by atomic mass is 9.90. The Balaban J connectivity index is 1.54. The van der Waals surface area contributed by atoms with Crippen LogP contribution in [0.25, 0.3) is 11.4 Å². The van der Waals surface area contributed by atoms with Crippen LogP contribution in [0, 0.1) is 31.4 Å².